The molecule has 0 aliphatic rings. The highest BCUT2D eigenvalue weighted by atomic mass is 35.5. The minimum absolute atomic E-state index is 0.294. The van der Waals surface area contributed by atoms with E-state index in [1.54, 1.807) is 17.6 Å². The Morgan fingerprint density at radius 2 is 1.96 bits per heavy atom. The van der Waals surface area contributed by atoms with Crippen molar-refractivity contribution in [2.45, 2.75) is 20.4 Å². The molecule has 3 aromatic rings. The highest BCUT2D eigenvalue weighted by Crippen LogP contribution is 2.27. The summed E-state index contributed by atoms with van der Waals surface area (Å²) in [6.45, 7) is 4.61. The molecule has 1 N–H and O–H groups in total. The molecular formula is C16H15ClF2N4. The quantitative estimate of drug-likeness (QED) is 0.730. The number of fused-ring (bicyclic) bond motifs is 1. The third-order valence-corrected chi connectivity index (χ3v) is 3.97. The highest BCUT2D eigenvalue weighted by Gasteiger charge is 2.16. The van der Waals surface area contributed by atoms with Crippen molar-refractivity contribution in [3.63, 3.8) is 0 Å². The molecule has 0 fully saturated rings. The Hall–Kier alpha value is -2.21. The summed E-state index contributed by atoms with van der Waals surface area (Å²) in [4.78, 5) is 7.84. The predicted octanol–water partition coefficient (Wildman–Crippen LogP) is 4.09. The van der Waals surface area contributed by atoms with Crippen LogP contribution in [0, 0.1) is 25.5 Å². The molecule has 2 heterocycles. The van der Waals surface area contributed by atoms with Crippen LogP contribution in [0.15, 0.2) is 24.5 Å². The normalized spacial score (nSPS) is 11.2. The van der Waals surface area contributed by atoms with Crippen LogP contribution in [0.3, 0.4) is 0 Å². The number of halogens is 3. The number of hydrogen-bond acceptors (Lipinski definition) is 3. The highest BCUT2D eigenvalue weighted by molar-refractivity contribution is 6.29. The van der Waals surface area contributed by atoms with Gasteiger partial charge in [0.1, 0.15) is 17.3 Å². The fraction of sp³-hybridized carbons (Fsp3) is 0.250. The first kappa shape index (κ1) is 15.7. The first-order valence-corrected chi connectivity index (χ1v) is 7.51. The maximum absolute atomic E-state index is 14.2. The van der Waals surface area contributed by atoms with Crippen molar-refractivity contribution in [3.05, 3.63) is 52.6 Å². The van der Waals surface area contributed by atoms with Gasteiger partial charge in [0.05, 0.1) is 5.52 Å². The Kier molecular flexibility index (Phi) is 4.17. The van der Waals surface area contributed by atoms with Crippen LogP contribution in [0.4, 0.5) is 14.6 Å². The minimum atomic E-state index is -0.829. The summed E-state index contributed by atoms with van der Waals surface area (Å²) in [6.07, 6.45) is 1.36. The zero-order chi connectivity index (χ0) is 16.6. The second-order valence-corrected chi connectivity index (χ2v) is 5.73. The molecule has 1 aromatic carbocycles. The van der Waals surface area contributed by atoms with Crippen LogP contribution in [0.5, 0.6) is 0 Å². The van der Waals surface area contributed by atoms with Crippen molar-refractivity contribution in [3.8, 4) is 0 Å². The maximum atomic E-state index is 14.2. The van der Waals surface area contributed by atoms with Gasteiger partial charge in [-0.25, -0.2) is 18.7 Å². The van der Waals surface area contributed by atoms with E-state index in [-0.39, 0.29) is 0 Å². The molecule has 0 unspecified atom stereocenters. The van der Waals surface area contributed by atoms with Gasteiger partial charge in [0, 0.05) is 30.2 Å². The lowest BCUT2D eigenvalue weighted by Crippen LogP contribution is -2.13. The van der Waals surface area contributed by atoms with Crippen molar-refractivity contribution >= 4 is 28.3 Å². The monoisotopic (exact) mass is 336 g/mol. The lowest BCUT2D eigenvalue weighted by Gasteiger charge is -2.11. The minimum Gasteiger partial charge on any atom is -0.368 e. The van der Waals surface area contributed by atoms with Crippen molar-refractivity contribution in [2.75, 3.05) is 11.9 Å². The van der Waals surface area contributed by atoms with Gasteiger partial charge in [-0.2, -0.15) is 0 Å². The summed E-state index contributed by atoms with van der Waals surface area (Å²) in [5.41, 5.74) is 1.88. The van der Waals surface area contributed by atoms with Gasteiger partial charge in [0.15, 0.2) is 11.6 Å². The smallest absolute Gasteiger partial charge is 0.183 e. The molecule has 0 aliphatic carbocycles. The van der Waals surface area contributed by atoms with Crippen molar-refractivity contribution in [1.82, 2.24) is 14.5 Å². The lowest BCUT2D eigenvalue weighted by molar-refractivity contribution is 0.510. The average molecular weight is 337 g/mol. The molecule has 0 spiro atoms. The van der Waals surface area contributed by atoms with Crippen molar-refractivity contribution in [1.29, 1.82) is 0 Å². The maximum Gasteiger partial charge on any atom is 0.183 e. The molecule has 0 saturated carbocycles. The third kappa shape index (κ3) is 2.99. The van der Waals surface area contributed by atoms with E-state index in [2.05, 4.69) is 15.3 Å². The van der Waals surface area contributed by atoms with E-state index in [9.17, 15) is 8.78 Å². The van der Waals surface area contributed by atoms with Gasteiger partial charge in [-0.1, -0.05) is 11.6 Å². The van der Waals surface area contributed by atoms with Gasteiger partial charge in [0.2, 0.25) is 0 Å². The van der Waals surface area contributed by atoms with E-state index >= 15 is 0 Å². The summed E-state index contributed by atoms with van der Waals surface area (Å²) in [6, 6.07) is 4.70. The van der Waals surface area contributed by atoms with E-state index in [4.69, 9.17) is 11.6 Å². The van der Waals surface area contributed by atoms with Crippen LogP contribution in [-0.2, 0) is 6.54 Å². The molecule has 4 nitrogen and oxygen atoms in total. The standard InChI is InChI=1S/C16H15ClF2N4/c1-9-5-12(18)15(19)16-11(9)6-10(2)23(16)4-3-20-14-7-13(17)21-8-22-14/h5-8H,3-4H2,1-2H3,(H,20,21,22). The largest absolute Gasteiger partial charge is 0.368 e. The van der Waals surface area contributed by atoms with Crippen molar-refractivity contribution < 1.29 is 8.78 Å². The van der Waals surface area contributed by atoms with Crippen LogP contribution in [-0.4, -0.2) is 21.1 Å². The van der Waals surface area contributed by atoms with Crippen molar-refractivity contribution in [2.24, 2.45) is 0 Å². The van der Waals surface area contributed by atoms with Gasteiger partial charge in [-0.15, -0.1) is 0 Å². The summed E-state index contributed by atoms with van der Waals surface area (Å²) in [5.74, 6) is -1.06. The summed E-state index contributed by atoms with van der Waals surface area (Å²) in [5, 5.41) is 4.16. The Labute approximate surface area is 137 Å². The Balaban J connectivity index is 1.87. The van der Waals surface area contributed by atoms with E-state index in [1.807, 2.05) is 13.0 Å². The molecule has 0 amide bonds. The zero-order valence-corrected chi connectivity index (χ0v) is 13.5. The van der Waals surface area contributed by atoms with Crippen LogP contribution < -0.4 is 5.32 Å². The second-order valence-electron chi connectivity index (χ2n) is 5.34. The average Bonchev–Trinajstić information content (AvgIpc) is 2.83. The topological polar surface area (TPSA) is 42.7 Å². The van der Waals surface area contributed by atoms with Gasteiger partial charge in [-0.3, -0.25) is 0 Å². The van der Waals surface area contributed by atoms with Gasteiger partial charge in [-0.05, 0) is 31.5 Å². The number of rotatable bonds is 4. The second kappa shape index (κ2) is 6.12. The Bertz CT molecular complexity index is 876. The number of aromatic nitrogens is 3. The molecule has 0 saturated heterocycles. The Morgan fingerprint density at radius 3 is 2.70 bits per heavy atom. The molecule has 0 radical (unpaired) electrons. The summed E-state index contributed by atoms with van der Waals surface area (Å²) in [7, 11) is 0. The van der Waals surface area contributed by atoms with Gasteiger partial charge in [0.25, 0.3) is 0 Å². The molecule has 0 aliphatic heterocycles. The first-order valence-electron chi connectivity index (χ1n) is 7.13. The fourth-order valence-electron chi connectivity index (χ4n) is 2.67. The molecular weight excluding hydrogens is 322 g/mol. The SMILES string of the molecule is Cc1cc(F)c(F)c2c1cc(C)n2CCNc1cc(Cl)ncn1. The number of nitrogens with zero attached hydrogens (tertiary/aromatic N) is 3. The van der Waals surface area contributed by atoms with E-state index in [0.717, 1.165) is 16.6 Å². The van der Waals surface area contributed by atoms with Crippen LogP contribution in [0.2, 0.25) is 5.15 Å². The number of hydrogen-bond donors (Lipinski definition) is 1. The molecule has 0 atom stereocenters. The molecule has 3 rings (SSSR count). The number of anilines is 1. The summed E-state index contributed by atoms with van der Waals surface area (Å²) < 4.78 is 29.7. The first-order chi connectivity index (χ1) is 11.0. The Morgan fingerprint density at radius 1 is 1.17 bits per heavy atom. The van der Waals surface area contributed by atoms with Crippen LogP contribution in [0.1, 0.15) is 11.3 Å². The molecule has 23 heavy (non-hydrogen) atoms. The van der Waals surface area contributed by atoms with Gasteiger partial charge >= 0.3 is 0 Å². The van der Waals surface area contributed by atoms with Crippen LogP contribution in [0.25, 0.3) is 10.9 Å². The van der Waals surface area contributed by atoms with E-state index in [1.165, 1.54) is 12.4 Å². The molecule has 7 heteroatoms. The molecule has 0 bridgehead atoms. The van der Waals surface area contributed by atoms with E-state index < -0.39 is 11.6 Å². The zero-order valence-electron chi connectivity index (χ0n) is 12.7. The van der Waals surface area contributed by atoms with Gasteiger partial charge < -0.3 is 9.88 Å². The fourth-order valence-corrected chi connectivity index (χ4v) is 2.82. The third-order valence-electron chi connectivity index (χ3n) is 3.76. The number of aryl methyl sites for hydroxylation is 2. The predicted molar refractivity (Wildman–Crippen MR) is 86.9 cm³/mol. The lowest BCUT2D eigenvalue weighted by atomic mass is 10.1. The van der Waals surface area contributed by atoms with E-state index in [0.29, 0.717) is 29.6 Å². The number of benzene rings is 1. The molecule has 2 aromatic heterocycles. The number of nitrogens with one attached hydrogen (secondary N) is 1. The van der Waals surface area contributed by atoms with Crippen LogP contribution >= 0.6 is 11.6 Å². The molecule has 120 valence electrons. The summed E-state index contributed by atoms with van der Waals surface area (Å²) >= 11 is 5.79.